The predicted molar refractivity (Wildman–Crippen MR) is 120 cm³/mol. The highest BCUT2D eigenvalue weighted by molar-refractivity contribution is 14.0. The van der Waals surface area contributed by atoms with Crippen molar-refractivity contribution < 1.29 is 9.15 Å². The van der Waals surface area contributed by atoms with Crippen LogP contribution in [0.5, 0.6) is 5.75 Å². The van der Waals surface area contributed by atoms with Crippen molar-refractivity contribution in [3.63, 3.8) is 0 Å². The summed E-state index contributed by atoms with van der Waals surface area (Å²) in [6.45, 7) is 10.1. The van der Waals surface area contributed by atoms with Crippen LogP contribution in [0.2, 0.25) is 0 Å². The summed E-state index contributed by atoms with van der Waals surface area (Å²) in [6, 6.07) is 8.08. The van der Waals surface area contributed by atoms with Crippen LogP contribution >= 0.6 is 24.0 Å². The number of para-hydroxylation sites is 1. The van der Waals surface area contributed by atoms with Crippen LogP contribution in [0.1, 0.15) is 43.2 Å². The zero-order valence-electron chi connectivity index (χ0n) is 16.8. The Labute approximate surface area is 179 Å². The molecular formula is C20H31IN4O2. The molecule has 7 heteroatoms. The number of hydrogen-bond donors (Lipinski definition) is 2. The molecular weight excluding hydrogens is 455 g/mol. The van der Waals surface area contributed by atoms with Crippen molar-refractivity contribution in [3.05, 3.63) is 47.2 Å². The summed E-state index contributed by atoms with van der Waals surface area (Å²) >= 11 is 0. The largest absolute Gasteiger partial charge is 0.493 e. The summed E-state index contributed by atoms with van der Waals surface area (Å²) in [7, 11) is 1.74. The molecule has 0 spiro atoms. The maximum Gasteiger partial charge on any atom is 0.214 e. The molecule has 0 atom stereocenters. The first-order valence-electron chi connectivity index (χ1n) is 9.07. The van der Waals surface area contributed by atoms with E-state index >= 15 is 0 Å². The Kier molecular flexibility index (Phi) is 10.2. The van der Waals surface area contributed by atoms with Gasteiger partial charge in [0.2, 0.25) is 5.89 Å². The van der Waals surface area contributed by atoms with Gasteiger partial charge < -0.3 is 19.8 Å². The lowest BCUT2D eigenvalue weighted by Gasteiger charge is -2.15. The molecule has 0 unspecified atom stereocenters. The Morgan fingerprint density at radius 1 is 1.19 bits per heavy atom. The van der Waals surface area contributed by atoms with Crippen LogP contribution in [0.15, 0.2) is 33.7 Å². The monoisotopic (exact) mass is 486 g/mol. The van der Waals surface area contributed by atoms with Crippen LogP contribution in [0.4, 0.5) is 0 Å². The fourth-order valence-electron chi connectivity index (χ4n) is 2.37. The molecule has 150 valence electrons. The lowest BCUT2D eigenvalue weighted by atomic mass is 10.1. The van der Waals surface area contributed by atoms with E-state index in [-0.39, 0.29) is 24.0 Å². The quantitative estimate of drug-likeness (QED) is 0.333. The van der Waals surface area contributed by atoms with E-state index in [0.29, 0.717) is 30.9 Å². The number of oxazole rings is 1. The van der Waals surface area contributed by atoms with Crippen molar-refractivity contribution in [2.24, 2.45) is 10.9 Å². The Balaban J connectivity index is 0.00000364. The Bertz CT molecular complexity index is 709. The lowest BCUT2D eigenvalue weighted by Crippen LogP contribution is -2.36. The molecule has 0 aliphatic carbocycles. The Morgan fingerprint density at radius 3 is 2.52 bits per heavy atom. The minimum Gasteiger partial charge on any atom is -0.493 e. The van der Waals surface area contributed by atoms with Crippen LogP contribution in [-0.2, 0) is 13.1 Å². The first kappa shape index (κ1) is 23.3. The number of guanidine groups is 1. The van der Waals surface area contributed by atoms with Gasteiger partial charge in [0.15, 0.2) is 5.96 Å². The van der Waals surface area contributed by atoms with Crippen LogP contribution < -0.4 is 15.4 Å². The fourth-order valence-corrected chi connectivity index (χ4v) is 2.37. The average molecular weight is 486 g/mol. The van der Waals surface area contributed by atoms with Gasteiger partial charge in [0.05, 0.1) is 18.8 Å². The number of ether oxygens (including phenoxy) is 1. The number of benzene rings is 1. The first-order chi connectivity index (χ1) is 12.5. The van der Waals surface area contributed by atoms with Gasteiger partial charge in [-0.2, -0.15) is 0 Å². The minimum atomic E-state index is 0. The van der Waals surface area contributed by atoms with Crippen molar-refractivity contribution in [2.75, 3.05) is 13.7 Å². The van der Waals surface area contributed by atoms with Gasteiger partial charge >= 0.3 is 0 Å². The standard InChI is InChI=1S/C20H30N4O2.HI/c1-14(2)10-11-25-18-9-7-6-8-17(18)12-22-20(21-5)23-13-19-24-15(3)16(4)26-19;/h6-9,14H,10-13H2,1-5H3,(H2,21,22,23);1H. The van der Waals surface area contributed by atoms with E-state index in [2.05, 4.69) is 40.5 Å². The number of hydrogen-bond acceptors (Lipinski definition) is 4. The van der Waals surface area contributed by atoms with Crippen molar-refractivity contribution in [2.45, 2.75) is 47.2 Å². The molecule has 0 saturated carbocycles. The highest BCUT2D eigenvalue weighted by atomic mass is 127. The van der Waals surface area contributed by atoms with Crippen molar-refractivity contribution in [1.29, 1.82) is 0 Å². The van der Waals surface area contributed by atoms with E-state index in [1.807, 2.05) is 32.0 Å². The lowest BCUT2D eigenvalue weighted by molar-refractivity contribution is 0.286. The van der Waals surface area contributed by atoms with Gasteiger partial charge in [0.25, 0.3) is 0 Å². The molecule has 2 aromatic rings. The topological polar surface area (TPSA) is 71.7 Å². The highest BCUT2D eigenvalue weighted by Gasteiger charge is 2.08. The van der Waals surface area contributed by atoms with E-state index in [1.54, 1.807) is 7.05 Å². The first-order valence-corrected chi connectivity index (χ1v) is 9.07. The van der Waals surface area contributed by atoms with Gasteiger partial charge in [-0.15, -0.1) is 24.0 Å². The SMILES string of the molecule is CN=C(NCc1nc(C)c(C)o1)NCc1ccccc1OCCC(C)C.I. The third-order valence-corrected chi connectivity index (χ3v) is 4.08. The maximum atomic E-state index is 5.93. The number of nitrogens with zero attached hydrogens (tertiary/aromatic N) is 2. The number of halogens is 1. The number of aromatic nitrogens is 1. The molecule has 27 heavy (non-hydrogen) atoms. The molecule has 6 nitrogen and oxygen atoms in total. The maximum absolute atomic E-state index is 5.93. The Morgan fingerprint density at radius 2 is 1.89 bits per heavy atom. The number of aryl methyl sites for hydroxylation is 2. The van der Waals surface area contributed by atoms with E-state index in [1.165, 1.54) is 0 Å². The molecule has 0 saturated heterocycles. The summed E-state index contributed by atoms with van der Waals surface area (Å²) in [6.07, 6.45) is 1.04. The van der Waals surface area contributed by atoms with Crippen molar-refractivity contribution >= 4 is 29.9 Å². The molecule has 1 aromatic carbocycles. The van der Waals surface area contributed by atoms with Gasteiger partial charge in [-0.1, -0.05) is 32.0 Å². The number of aliphatic imine (C=N–C) groups is 1. The van der Waals surface area contributed by atoms with Gasteiger partial charge in [-0.25, -0.2) is 4.98 Å². The molecule has 0 amide bonds. The smallest absolute Gasteiger partial charge is 0.214 e. The molecule has 0 fully saturated rings. The zero-order chi connectivity index (χ0) is 18.9. The summed E-state index contributed by atoms with van der Waals surface area (Å²) in [5, 5.41) is 6.52. The molecule has 1 heterocycles. The summed E-state index contributed by atoms with van der Waals surface area (Å²) in [5.74, 6) is 3.73. The zero-order valence-corrected chi connectivity index (χ0v) is 19.2. The second-order valence-electron chi connectivity index (χ2n) is 6.67. The third-order valence-electron chi connectivity index (χ3n) is 4.08. The van der Waals surface area contributed by atoms with Gasteiger partial charge in [-0.05, 0) is 32.3 Å². The minimum absolute atomic E-state index is 0. The van der Waals surface area contributed by atoms with E-state index in [4.69, 9.17) is 9.15 Å². The summed E-state index contributed by atoms with van der Waals surface area (Å²) in [5.41, 5.74) is 2.01. The van der Waals surface area contributed by atoms with Gasteiger partial charge in [-0.3, -0.25) is 4.99 Å². The summed E-state index contributed by atoms with van der Waals surface area (Å²) < 4.78 is 11.5. The molecule has 1 aromatic heterocycles. The summed E-state index contributed by atoms with van der Waals surface area (Å²) in [4.78, 5) is 8.61. The van der Waals surface area contributed by atoms with Crippen molar-refractivity contribution in [3.8, 4) is 5.75 Å². The normalized spacial score (nSPS) is 11.3. The van der Waals surface area contributed by atoms with E-state index in [0.717, 1.165) is 35.8 Å². The van der Waals surface area contributed by atoms with Gasteiger partial charge in [0.1, 0.15) is 11.5 Å². The van der Waals surface area contributed by atoms with Gasteiger partial charge in [0, 0.05) is 19.2 Å². The molecule has 0 aliphatic rings. The van der Waals surface area contributed by atoms with E-state index < -0.39 is 0 Å². The fraction of sp³-hybridized carbons (Fsp3) is 0.500. The van der Waals surface area contributed by atoms with Crippen LogP contribution in [0.25, 0.3) is 0 Å². The molecule has 0 radical (unpaired) electrons. The molecule has 0 aliphatic heterocycles. The van der Waals surface area contributed by atoms with Crippen molar-refractivity contribution in [1.82, 2.24) is 15.6 Å². The van der Waals surface area contributed by atoms with Crippen LogP contribution in [-0.4, -0.2) is 24.6 Å². The molecule has 2 N–H and O–H groups in total. The number of rotatable bonds is 8. The average Bonchev–Trinajstić information content (AvgIpc) is 2.94. The van der Waals surface area contributed by atoms with Crippen LogP contribution in [0.3, 0.4) is 0 Å². The van der Waals surface area contributed by atoms with E-state index in [9.17, 15) is 0 Å². The number of nitrogens with one attached hydrogen (secondary N) is 2. The molecule has 0 bridgehead atoms. The second kappa shape index (κ2) is 11.8. The second-order valence-corrected chi connectivity index (χ2v) is 6.67. The highest BCUT2D eigenvalue weighted by Crippen LogP contribution is 2.18. The Hall–Kier alpha value is -1.77. The third kappa shape index (κ3) is 7.78. The molecule has 2 rings (SSSR count). The predicted octanol–water partition coefficient (Wildman–Crippen LogP) is 4.20. The van der Waals surface area contributed by atoms with Crippen LogP contribution in [0, 0.1) is 19.8 Å².